The number of hydrogen-bond acceptors (Lipinski definition) is 2. The number of isothiocyanates is 1. The fraction of sp³-hybridized carbons (Fsp3) is 0.458. The summed E-state index contributed by atoms with van der Waals surface area (Å²) >= 11 is 4.67. The van der Waals surface area contributed by atoms with Crippen molar-refractivity contribution in [2.45, 2.75) is 64.7 Å². The number of nitrogens with zero attached hydrogens (tertiary/aromatic N) is 1. The predicted octanol–water partition coefficient (Wildman–Crippen LogP) is 7.86. The van der Waals surface area contributed by atoms with Gasteiger partial charge in [-0.1, -0.05) is 56.5 Å². The third-order valence-corrected chi connectivity index (χ3v) is 5.98. The molecule has 0 aromatic heterocycles. The van der Waals surface area contributed by atoms with E-state index in [-0.39, 0.29) is 0 Å². The van der Waals surface area contributed by atoms with Crippen molar-refractivity contribution in [1.29, 1.82) is 0 Å². The van der Waals surface area contributed by atoms with Gasteiger partial charge in [0.15, 0.2) is 0 Å². The van der Waals surface area contributed by atoms with Crippen LogP contribution < -0.4 is 0 Å². The van der Waals surface area contributed by atoms with Gasteiger partial charge in [-0.15, -0.1) is 0 Å². The first-order valence-corrected chi connectivity index (χ1v) is 10.4. The van der Waals surface area contributed by atoms with Crippen molar-refractivity contribution in [3.63, 3.8) is 0 Å². The number of hydrogen-bond donors (Lipinski definition) is 0. The number of aryl methyl sites for hydroxylation is 1. The second-order valence-electron chi connectivity index (χ2n) is 7.68. The normalized spacial score (nSPS) is 19.8. The SMILES string of the molecule is CCCCC1CCC(c2ccc(-c3ccc(N=C=S)cc3)c(C)c2)CC1. The van der Waals surface area contributed by atoms with Gasteiger partial charge in [-0.2, -0.15) is 4.99 Å². The third-order valence-electron chi connectivity index (χ3n) is 5.89. The van der Waals surface area contributed by atoms with Crippen LogP contribution in [0.2, 0.25) is 0 Å². The van der Waals surface area contributed by atoms with E-state index in [9.17, 15) is 0 Å². The Morgan fingerprint density at radius 2 is 1.77 bits per heavy atom. The van der Waals surface area contributed by atoms with Crippen LogP contribution >= 0.6 is 12.2 Å². The van der Waals surface area contributed by atoms with E-state index in [1.807, 2.05) is 12.1 Å². The van der Waals surface area contributed by atoms with Gasteiger partial charge in [-0.05, 0) is 91.0 Å². The first-order chi connectivity index (χ1) is 12.7. The topological polar surface area (TPSA) is 12.4 Å². The molecular formula is C24H29NS. The van der Waals surface area contributed by atoms with Crippen molar-refractivity contribution in [2.75, 3.05) is 0 Å². The monoisotopic (exact) mass is 363 g/mol. The van der Waals surface area contributed by atoms with Crippen LogP contribution in [0.15, 0.2) is 47.5 Å². The fourth-order valence-electron chi connectivity index (χ4n) is 4.31. The van der Waals surface area contributed by atoms with E-state index in [0.29, 0.717) is 0 Å². The maximum atomic E-state index is 4.67. The van der Waals surface area contributed by atoms with Crippen LogP contribution in [0.3, 0.4) is 0 Å². The molecule has 26 heavy (non-hydrogen) atoms. The van der Waals surface area contributed by atoms with Gasteiger partial charge in [0.1, 0.15) is 0 Å². The average Bonchev–Trinajstić information content (AvgIpc) is 2.68. The van der Waals surface area contributed by atoms with Gasteiger partial charge in [-0.3, -0.25) is 0 Å². The van der Waals surface area contributed by atoms with Gasteiger partial charge in [0.25, 0.3) is 0 Å². The Morgan fingerprint density at radius 3 is 2.38 bits per heavy atom. The molecule has 3 rings (SSSR count). The molecule has 0 N–H and O–H groups in total. The molecule has 0 bridgehead atoms. The number of benzene rings is 2. The lowest BCUT2D eigenvalue weighted by Crippen LogP contribution is -2.13. The summed E-state index contributed by atoms with van der Waals surface area (Å²) in [6.45, 7) is 4.53. The Morgan fingerprint density at radius 1 is 1.04 bits per heavy atom. The Bertz CT molecular complexity index is 763. The summed E-state index contributed by atoms with van der Waals surface area (Å²) in [4.78, 5) is 4.03. The summed E-state index contributed by atoms with van der Waals surface area (Å²) in [6, 6.07) is 15.3. The maximum Gasteiger partial charge on any atom is 0.0739 e. The zero-order chi connectivity index (χ0) is 18.4. The van der Waals surface area contributed by atoms with Crippen molar-refractivity contribution in [1.82, 2.24) is 0 Å². The van der Waals surface area contributed by atoms with Crippen LogP contribution in [-0.4, -0.2) is 5.16 Å². The second-order valence-corrected chi connectivity index (χ2v) is 7.87. The molecule has 2 heteroatoms. The molecule has 1 aliphatic carbocycles. The lowest BCUT2D eigenvalue weighted by atomic mass is 9.76. The predicted molar refractivity (Wildman–Crippen MR) is 116 cm³/mol. The summed E-state index contributed by atoms with van der Waals surface area (Å²) in [5, 5.41) is 2.42. The minimum absolute atomic E-state index is 0.750. The van der Waals surface area contributed by atoms with E-state index < -0.39 is 0 Å². The smallest absolute Gasteiger partial charge is 0.0739 e. The van der Waals surface area contributed by atoms with Crippen LogP contribution in [0.5, 0.6) is 0 Å². The Balaban J connectivity index is 1.69. The van der Waals surface area contributed by atoms with Crippen molar-refractivity contribution < 1.29 is 0 Å². The van der Waals surface area contributed by atoms with Gasteiger partial charge >= 0.3 is 0 Å². The van der Waals surface area contributed by atoms with Crippen molar-refractivity contribution >= 4 is 23.1 Å². The van der Waals surface area contributed by atoms with Crippen molar-refractivity contribution in [3.8, 4) is 11.1 Å². The van der Waals surface area contributed by atoms with Crippen molar-refractivity contribution in [2.24, 2.45) is 10.9 Å². The van der Waals surface area contributed by atoms with E-state index in [2.05, 4.69) is 66.6 Å². The molecule has 1 nitrogen and oxygen atoms in total. The van der Waals surface area contributed by atoms with Crippen LogP contribution in [0.25, 0.3) is 11.1 Å². The van der Waals surface area contributed by atoms with E-state index >= 15 is 0 Å². The highest BCUT2D eigenvalue weighted by Gasteiger charge is 2.22. The largest absolute Gasteiger partial charge is 0.195 e. The molecule has 2 aromatic carbocycles. The number of unbranched alkanes of at least 4 members (excludes halogenated alkanes) is 1. The number of aliphatic imine (C=N–C) groups is 1. The molecule has 136 valence electrons. The lowest BCUT2D eigenvalue weighted by molar-refractivity contribution is 0.304. The van der Waals surface area contributed by atoms with E-state index in [0.717, 1.165) is 17.5 Å². The molecule has 0 spiro atoms. The standard InChI is InChI=1S/C24H29NS/c1-3-4-5-19-6-8-20(9-7-19)22-12-15-24(18(2)16-22)21-10-13-23(14-11-21)25-17-26/h10-16,19-20H,3-9H2,1-2H3. The minimum atomic E-state index is 0.750. The lowest BCUT2D eigenvalue weighted by Gasteiger charge is -2.29. The van der Waals surface area contributed by atoms with Crippen molar-refractivity contribution in [3.05, 3.63) is 53.6 Å². The highest BCUT2D eigenvalue weighted by Crippen LogP contribution is 2.39. The first-order valence-electron chi connectivity index (χ1n) is 10.00. The zero-order valence-corrected chi connectivity index (χ0v) is 16.8. The molecule has 1 saturated carbocycles. The van der Waals surface area contributed by atoms with Gasteiger partial charge < -0.3 is 0 Å². The van der Waals surface area contributed by atoms with Crippen LogP contribution in [0.4, 0.5) is 5.69 Å². The molecule has 0 heterocycles. The molecule has 0 radical (unpaired) electrons. The summed E-state index contributed by atoms with van der Waals surface area (Å²) in [7, 11) is 0. The van der Waals surface area contributed by atoms with Crippen LogP contribution in [-0.2, 0) is 0 Å². The summed E-state index contributed by atoms with van der Waals surface area (Å²) in [5.74, 6) is 1.72. The Labute approximate surface area is 163 Å². The molecule has 0 saturated heterocycles. The molecule has 1 fully saturated rings. The van der Waals surface area contributed by atoms with Gasteiger partial charge in [0.05, 0.1) is 10.8 Å². The molecule has 0 unspecified atom stereocenters. The maximum absolute atomic E-state index is 4.67. The summed E-state index contributed by atoms with van der Waals surface area (Å²) in [6.07, 6.45) is 9.71. The van der Waals surface area contributed by atoms with Crippen LogP contribution in [0, 0.1) is 12.8 Å². The highest BCUT2D eigenvalue weighted by molar-refractivity contribution is 7.78. The number of rotatable bonds is 6. The molecule has 0 aliphatic heterocycles. The average molecular weight is 364 g/mol. The summed E-state index contributed by atoms with van der Waals surface area (Å²) < 4.78 is 0. The van der Waals surface area contributed by atoms with Gasteiger partial charge in [-0.25, -0.2) is 0 Å². The van der Waals surface area contributed by atoms with Gasteiger partial charge in [0.2, 0.25) is 0 Å². The Kier molecular flexibility index (Phi) is 6.77. The first kappa shape index (κ1) is 19.0. The summed E-state index contributed by atoms with van der Waals surface area (Å²) in [5.41, 5.74) is 6.30. The fourth-order valence-corrected chi connectivity index (χ4v) is 4.42. The van der Waals surface area contributed by atoms with E-state index in [1.54, 1.807) is 0 Å². The molecule has 1 aliphatic rings. The van der Waals surface area contributed by atoms with E-state index in [1.165, 1.54) is 67.2 Å². The highest BCUT2D eigenvalue weighted by atomic mass is 32.1. The number of thiocarbonyl (C=S) groups is 1. The zero-order valence-electron chi connectivity index (χ0n) is 16.0. The minimum Gasteiger partial charge on any atom is -0.195 e. The molecule has 0 atom stereocenters. The third kappa shape index (κ3) is 4.69. The van der Waals surface area contributed by atoms with Crippen LogP contribution in [0.1, 0.15) is 68.9 Å². The Hall–Kier alpha value is -1.76. The molecule has 2 aromatic rings. The van der Waals surface area contributed by atoms with E-state index in [4.69, 9.17) is 0 Å². The molecular weight excluding hydrogens is 334 g/mol. The quantitative estimate of drug-likeness (QED) is 0.376. The van der Waals surface area contributed by atoms with Gasteiger partial charge in [0, 0.05) is 0 Å². The second kappa shape index (κ2) is 9.26. The molecule has 0 amide bonds.